The number of ketones is 1. The molecule has 0 unspecified atom stereocenters. The Labute approximate surface area is 200 Å². The molecule has 1 aromatic rings. The lowest BCUT2D eigenvalue weighted by molar-refractivity contribution is -0.135. The first-order valence-electron chi connectivity index (χ1n) is 10.1. The molecule has 0 aliphatic carbocycles. The van der Waals surface area contributed by atoms with E-state index in [1.165, 1.54) is 24.8 Å². The van der Waals surface area contributed by atoms with Gasteiger partial charge in [-0.25, -0.2) is 4.90 Å². The smallest absolute Gasteiger partial charge is 0.382 e. The van der Waals surface area contributed by atoms with Gasteiger partial charge in [0.25, 0.3) is 11.8 Å². The van der Waals surface area contributed by atoms with Crippen LogP contribution in [-0.2, 0) is 24.7 Å². The number of rotatable bonds is 6. The Kier molecular flexibility index (Phi) is 11.2. The van der Waals surface area contributed by atoms with Crippen molar-refractivity contribution < 1.29 is 41.8 Å². The summed E-state index contributed by atoms with van der Waals surface area (Å²) < 4.78 is 37.4. The Morgan fingerprint density at radius 1 is 1.12 bits per heavy atom. The lowest BCUT2D eigenvalue weighted by Gasteiger charge is -2.28. The molecule has 0 bridgehead atoms. The number of imide groups is 1. The molecule has 0 saturated carbocycles. The molecule has 1 heterocycles. The number of hydrogen-bond acceptors (Lipinski definition) is 7. The average Bonchev–Trinajstić information content (AvgIpc) is 2.85. The number of carbonyl (C=O) groups excluding carboxylic acids is 3. The number of Topliss-reactive ketones (excluding diaryl/α,β-unsaturated/α-hetero) is 1. The fourth-order valence-electron chi connectivity index (χ4n) is 3.00. The zero-order valence-corrected chi connectivity index (χ0v) is 20.8. The van der Waals surface area contributed by atoms with Crippen LogP contribution in [0.15, 0.2) is 55.6 Å². The van der Waals surface area contributed by atoms with Crippen LogP contribution in [0.1, 0.15) is 57.8 Å². The van der Waals surface area contributed by atoms with Gasteiger partial charge in [-0.05, 0) is 46.8 Å². The maximum absolute atomic E-state index is 12.6. The second kappa shape index (κ2) is 12.1. The Morgan fingerprint density at radius 2 is 1.59 bits per heavy atom. The van der Waals surface area contributed by atoms with Crippen LogP contribution in [0, 0.1) is 0 Å². The highest BCUT2D eigenvalue weighted by Crippen LogP contribution is 2.38. The summed E-state index contributed by atoms with van der Waals surface area (Å²) in [6, 6.07) is 8.74. The lowest BCUT2D eigenvalue weighted by Crippen LogP contribution is -2.46. The molecule has 2 atom stereocenters. The van der Waals surface area contributed by atoms with E-state index in [2.05, 4.69) is 13.2 Å². The maximum atomic E-state index is 12.6. The molecule has 2 rings (SSSR count). The summed E-state index contributed by atoms with van der Waals surface area (Å²) in [6.07, 6.45) is 3.85. The first kappa shape index (κ1) is 31.3. The van der Waals surface area contributed by atoms with Gasteiger partial charge in [-0.3, -0.25) is 23.5 Å². The maximum Gasteiger partial charge on any atom is 0.394 e. The first-order chi connectivity index (χ1) is 15.3. The van der Waals surface area contributed by atoms with Gasteiger partial charge in [0.15, 0.2) is 11.4 Å². The molecular formula is C23H33NO9S. The van der Waals surface area contributed by atoms with Gasteiger partial charge in [0.2, 0.25) is 0 Å². The minimum absolute atomic E-state index is 0.220. The average molecular weight is 500 g/mol. The molecule has 34 heavy (non-hydrogen) atoms. The molecule has 1 fully saturated rings. The molecular weight excluding hydrogens is 466 g/mol. The van der Waals surface area contributed by atoms with E-state index in [1.807, 2.05) is 6.07 Å². The van der Waals surface area contributed by atoms with Crippen molar-refractivity contribution in [3.05, 3.63) is 61.2 Å². The van der Waals surface area contributed by atoms with Crippen LogP contribution in [0.5, 0.6) is 0 Å². The molecule has 0 aromatic heterocycles. The number of ether oxygens (including phenoxy) is 1. The van der Waals surface area contributed by atoms with Crippen LogP contribution >= 0.6 is 0 Å². The number of nitrogens with zero attached hydrogens (tertiary/aromatic N) is 1. The molecule has 3 N–H and O–H groups in total. The van der Waals surface area contributed by atoms with Gasteiger partial charge in [0.05, 0.1) is 0 Å². The van der Waals surface area contributed by atoms with E-state index in [1.54, 1.807) is 51.1 Å². The predicted molar refractivity (Wildman–Crippen MR) is 126 cm³/mol. The monoisotopic (exact) mass is 499 g/mol. The minimum atomic E-state index is -4.67. The third-order valence-corrected chi connectivity index (χ3v) is 4.73. The number of carbonyl (C=O) groups is 3. The van der Waals surface area contributed by atoms with E-state index in [4.69, 9.17) is 22.3 Å². The summed E-state index contributed by atoms with van der Waals surface area (Å²) in [4.78, 5) is 36.9. The fourth-order valence-corrected chi connectivity index (χ4v) is 3.00. The van der Waals surface area contributed by atoms with Crippen molar-refractivity contribution in [2.24, 2.45) is 0 Å². The topological polar surface area (TPSA) is 159 Å². The van der Waals surface area contributed by atoms with Crippen LogP contribution in [0.25, 0.3) is 0 Å². The third-order valence-electron chi connectivity index (χ3n) is 4.73. The fraction of sp³-hybridized carbons (Fsp3) is 0.435. The normalized spacial score (nSPS) is 20.6. The highest BCUT2D eigenvalue weighted by molar-refractivity contribution is 7.79. The van der Waals surface area contributed by atoms with E-state index < -0.39 is 27.3 Å². The van der Waals surface area contributed by atoms with E-state index in [9.17, 15) is 19.5 Å². The van der Waals surface area contributed by atoms with Crippen LogP contribution < -0.4 is 0 Å². The molecule has 1 aliphatic heterocycles. The summed E-state index contributed by atoms with van der Waals surface area (Å²) in [5, 5.41) is 9.17. The molecule has 190 valence electrons. The largest absolute Gasteiger partial charge is 0.394 e. The minimum Gasteiger partial charge on any atom is -0.382 e. The van der Waals surface area contributed by atoms with Crippen molar-refractivity contribution in [3.8, 4) is 0 Å². The van der Waals surface area contributed by atoms with Crippen molar-refractivity contribution in [2.75, 3.05) is 0 Å². The molecule has 0 spiro atoms. The Hall–Kier alpha value is -2.70. The number of hydrogen-bond donors (Lipinski definition) is 3. The first-order valence-corrected chi connectivity index (χ1v) is 11.5. The van der Waals surface area contributed by atoms with E-state index >= 15 is 0 Å². The lowest BCUT2D eigenvalue weighted by atomic mass is 9.98. The molecule has 1 aromatic carbocycles. The zero-order valence-electron chi connectivity index (χ0n) is 20.0. The highest BCUT2D eigenvalue weighted by atomic mass is 32.3. The van der Waals surface area contributed by atoms with Gasteiger partial charge >= 0.3 is 10.4 Å². The standard InChI is InChI=1S/C16H19NO3.C7H12O2.H2O4S/c1-5-11-16(4)14(19)17(15(2,3)20-16)13(18)12-9-7-6-8-10-12;1-4-5-7(3,9)6(2)8;1-5(2,3)4/h5-10H,1,11H2,2-4H3;4,9H,1,5H2,2-3H3;(H2,1,2,3,4)/t16-;7-;/m00./s1. The quantitative estimate of drug-likeness (QED) is 0.304. The van der Waals surface area contributed by atoms with Crippen molar-refractivity contribution in [1.82, 2.24) is 4.90 Å². The van der Waals surface area contributed by atoms with Crippen LogP contribution in [-0.4, -0.2) is 62.1 Å². The number of amides is 2. The van der Waals surface area contributed by atoms with Gasteiger partial charge in [0.1, 0.15) is 11.3 Å². The molecule has 1 saturated heterocycles. The van der Waals surface area contributed by atoms with Crippen LogP contribution in [0.4, 0.5) is 0 Å². The third kappa shape index (κ3) is 9.65. The molecule has 2 amide bonds. The molecule has 11 heteroatoms. The van der Waals surface area contributed by atoms with Crippen molar-refractivity contribution in [2.45, 2.75) is 64.4 Å². The van der Waals surface area contributed by atoms with Crippen LogP contribution in [0.2, 0.25) is 0 Å². The second-order valence-electron chi connectivity index (χ2n) is 8.35. The summed E-state index contributed by atoms with van der Waals surface area (Å²) >= 11 is 0. The summed E-state index contributed by atoms with van der Waals surface area (Å²) in [7, 11) is -4.67. The van der Waals surface area contributed by atoms with Gasteiger partial charge in [-0.2, -0.15) is 8.42 Å². The van der Waals surface area contributed by atoms with Gasteiger partial charge in [-0.15, -0.1) is 13.2 Å². The van der Waals surface area contributed by atoms with Crippen molar-refractivity contribution in [1.29, 1.82) is 0 Å². The van der Waals surface area contributed by atoms with Gasteiger partial charge in [-0.1, -0.05) is 30.4 Å². The molecule has 1 aliphatic rings. The predicted octanol–water partition coefficient (Wildman–Crippen LogP) is 3.01. The second-order valence-corrected chi connectivity index (χ2v) is 9.25. The van der Waals surface area contributed by atoms with Crippen LogP contribution in [0.3, 0.4) is 0 Å². The van der Waals surface area contributed by atoms with E-state index in [-0.39, 0.29) is 17.6 Å². The number of benzene rings is 1. The number of aliphatic hydroxyl groups is 1. The van der Waals surface area contributed by atoms with Crippen molar-refractivity contribution in [3.63, 3.8) is 0 Å². The Morgan fingerprint density at radius 3 is 1.94 bits per heavy atom. The van der Waals surface area contributed by atoms with Gasteiger partial charge in [0, 0.05) is 18.4 Å². The molecule has 0 radical (unpaired) electrons. The van der Waals surface area contributed by atoms with E-state index in [0.29, 0.717) is 18.4 Å². The summed E-state index contributed by atoms with van der Waals surface area (Å²) in [5.74, 6) is -0.882. The summed E-state index contributed by atoms with van der Waals surface area (Å²) in [5.41, 5.74) is -2.74. The van der Waals surface area contributed by atoms with Crippen molar-refractivity contribution >= 4 is 28.0 Å². The Bertz CT molecular complexity index is 993. The highest BCUT2D eigenvalue weighted by Gasteiger charge is 2.55. The SMILES string of the molecule is C=CC[C@](C)(O)C(C)=O.C=CC[C@]1(C)OC(C)(C)N(C(=O)c2ccccc2)C1=O.O=S(=O)(O)O. The van der Waals surface area contributed by atoms with E-state index in [0.717, 1.165) is 0 Å². The zero-order chi connectivity index (χ0) is 27.0. The Balaban J connectivity index is 0.000000646. The summed E-state index contributed by atoms with van der Waals surface area (Å²) in [6.45, 7) is 15.0. The molecule has 10 nitrogen and oxygen atoms in total. The van der Waals surface area contributed by atoms with Gasteiger partial charge < -0.3 is 9.84 Å².